The van der Waals surface area contributed by atoms with Gasteiger partial charge in [0.15, 0.2) is 5.11 Å². The van der Waals surface area contributed by atoms with Crippen molar-refractivity contribution >= 4 is 56.7 Å². The van der Waals surface area contributed by atoms with E-state index in [-0.39, 0.29) is 25.6 Å². The smallest absolute Gasteiger partial charge is 0.325 e. The number of para-hydroxylation sites is 1. The minimum absolute atomic E-state index is 0.0927. The zero-order chi connectivity index (χ0) is 29.5. The number of anilines is 1. The summed E-state index contributed by atoms with van der Waals surface area (Å²) in [6, 6.07) is 14.4. The number of fused-ring (bicyclic) bond motifs is 2. The maximum atomic E-state index is 12.8. The summed E-state index contributed by atoms with van der Waals surface area (Å²) >= 11 is 5.60. The first kappa shape index (κ1) is 29.6. The van der Waals surface area contributed by atoms with Crippen LogP contribution in [0.15, 0.2) is 54.9 Å². The number of carbonyl (C=O) groups is 2. The molecule has 1 saturated heterocycles. The van der Waals surface area contributed by atoms with Crippen molar-refractivity contribution in [3.8, 4) is 0 Å². The van der Waals surface area contributed by atoms with E-state index in [1.54, 1.807) is 6.92 Å². The zero-order valence-electron chi connectivity index (χ0n) is 24.2. The van der Waals surface area contributed by atoms with E-state index >= 15 is 0 Å². The highest BCUT2D eigenvalue weighted by Gasteiger charge is 2.18. The van der Waals surface area contributed by atoms with Crippen LogP contribution in [-0.4, -0.2) is 89.3 Å². The van der Waals surface area contributed by atoms with Crippen LogP contribution in [0, 0.1) is 0 Å². The predicted octanol–water partition coefficient (Wildman–Crippen LogP) is 3.08. The Hall–Kier alpha value is -3.93. The Morgan fingerprint density at radius 1 is 1.02 bits per heavy atom. The van der Waals surface area contributed by atoms with Crippen molar-refractivity contribution in [3.63, 3.8) is 0 Å². The quantitative estimate of drug-likeness (QED) is 0.156. The molecule has 222 valence electrons. The lowest BCUT2D eigenvalue weighted by atomic mass is 10.1. The number of nitrogens with one attached hydrogen (secondary N) is 4. The molecule has 1 fully saturated rings. The van der Waals surface area contributed by atoms with Gasteiger partial charge in [0.25, 0.3) is 0 Å². The molecule has 0 atom stereocenters. The molecule has 3 heterocycles. The Morgan fingerprint density at radius 2 is 1.83 bits per heavy atom. The fourth-order valence-corrected chi connectivity index (χ4v) is 5.59. The summed E-state index contributed by atoms with van der Waals surface area (Å²) in [6.07, 6.45) is 4.94. The van der Waals surface area contributed by atoms with Crippen LogP contribution in [0.2, 0.25) is 0 Å². The van der Waals surface area contributed by atoms with E-state index in [4.69, 9.17) is 17.0 Å². The van der Waals surface area contributed by atoms with Gasteiger partial charge in [-0.05, 0) is 61.9 Å². The molecule has 1 amide bonds. The highest BCUT2D eigenvalue weighted by atomic mass is 32.1. The van der Waals surface area contributed by atoms with Gasteiger partial charge in [-0.15, -0.1) is 0 Å². The number of carbonyl (C=O) groups excluding carboxylic acids is 2. The van der Waals surface area contributed by atoms with Gasteiger partial charge in [-0.1, -0.05) is 24.3 Å². The number of aromatic nitrogens is 2. The second-order valence-electron chi connectivity index (χ2n) is 10.7. The largest absolute Gasteiger partial charge is 0.465 e. The lowest BCUT2D eigenvalue weighted by Gasteiger charge is -2.32. The normalized spacial score (nSPS) is 14.2. The Bertz CT molecular complexity index is 1550. The molecular weight excluding hydrogens is 550 g/mol. The molecule has 42 heavy (non-hydrogen) atoms. The van der Waals surface area contributed by atoms with Gasteiger partial charge in [0.2, 0.25) is 5.91 Å². The second-order valence-corrected chi connectivity index (χ2v) is 11.1. The first-order valence-corrected chi connectivity index (χ1v) is 14.8. The van der Waals surface area contributed by atoms with Gasteiger partial charge in [0.1, 0.15) is 13.1 Å². The van der Waals surface area contributed by atoms with E-state index in [1.807, 2.05) is 35.0 Å². The van der Waals surface area contributed by atoms with Gasteiger partial charge in [0, 0.05) is 73.6 Å². The van der Waals surface area contributed by atoms with Crippen LogP contribution in [0.1, 0.15) is 18.1 Å². The van der Waals surface area contributed by atoms with Crippen molar-refractivity contribution in [1.29, 1.82) is 0 Å². The molecule has 0 radical (unpaired) electrons. The van der Waals surface area contributed by atoms with Crippen LogP contribution in [-0.2, 0) is 33.8 Å². The summed E-state index contributed by atoms with van der Waals surface area (Å²) < 4.78 is 6.88. The van der Waals surface area contributed by atoms with Gasteiger partial charge in [-0.3, -0.25) is 14.5 Å². The van der Waals surface area contributed by atoms with Crippen LogP contribution in [0.25, 0.3) is 21.8 Å². The van der Waals surface area contributed by atoms with Gasteiger partial charge >= 0.3 is 5.97 Å². The maximum absolute atomic E-state index is 12.8. The van der Waals surface area contributed by atoms with Crippen molar-refractivity contribution in [1.82, 2.24) is 30.0 Å². The van der Waals surface area contributed by atoms with Crippen LogP contribution < -0.4 is 16.0 Å². The molecule has 1 aliphatic rings. The summed E-state index contributed by atoms with van der Waals surface area (Å²) in [7, 11) is 2.15. The number of benzene rings is 2. The number of ether oxygens (including phenoxy) is 1. The SMILES string of the molecule is CCOC(=O)CNC(=O)Cn1cc(CN2CCN(C)CC2)c2ccc(NC(=S)NCCc3c[nH]c4ccccc34)cc21. The standard InChI is InChI=1S/C31H39N7O3S/c1-3-41-30(40)18-34-29(39)21-38-20-23(19-37-14-12-36(2)13-15-37)26-9-8-24(16-28(26)38)35-31(42)32-11-10-22-17-33-27-7-5-4-6-25(22)27/h4-9,16-17,20,33H,3,10-15,18-19,21H2,1-2H3,(H,34,39)(H2,32,35,42). The number of esters is 1. The number of aromatic amines is 1. The van der Waals surface area contributed by atoms with Crippen molar-refractivity contribution in [2.45, 2.75) is 26.4 Å². The van der Waals surface area contributed by atoms with Gasteiger partial charge in [-0.2, -0.15) is 0 Å². The molecular formula is C31H39N7O3S. The van der Waals surface area contributed by atoms with E-state index in [0.717, 1.165) is 61.3 Å². The third kappa shape index (κ3) is 7.47. The Kier molecular flexibility index (Phi) is 9.73. The average Bonchev–Trinajstić information content (AvgIpc) is 3.54. The number of likely N-dealkylation sites (N-methyl/N-ethyl adjacent to an activating group) is 1. The monoisotopic (exact) mass is 589 g/mol. The van der Waals surface area contributed by atoms with Crippen molar-refractivity contribution in [3.05, 3.63) is 66.0 Å². The molecule has 11 heteroatoms. The molecule has 10 nitrogen and oxygen atoms in total. The fraction of sp³-hybridized carbons (Fsp3) is 0.387. The van der Waals surface area contributed by atoms with E-state index in [9.17, 15) is 9.59 Å². The summed E-state index contributed by atoms with van der Waals surface area (Å²) in [5, 5.41) is 12.1. The molecule has 2 aromatic heterocycles. The van der Waals surface area contributed by atoms with Gasteiger partial charge in [0.05, 0.1) is 12.1 Å². The Morgan fingerprint density at radius 3 is 2.64 bits per heavy atom. The summed E-state index contributed by atoms with van der Waals surface area (Å²) in [5.74, 6) is -0.699. The molecule has 5 rings (SSSR count). The topological polar surface area (TPSA) is 107 Å². The summed E-state index contributed by atoms with van der Waals surface area (Å²) in [6.45, 7) is 7.54. The summed E-state index contributed by atoms with van der Waals surface area (Å²) in [4.78, 5) is 32.6. The highest BCUT2D eigenvalue weighted by Crippen LogP contribution is 2.27. The average molecular weight is 590 g/mol. The molecule has 0 bridgehead atoms. The number of H-pyrrole nitrogens is 1. The number of thiocarbonyl (C=S) groups is 1. The number of amides is 1. The molecule has 4 aromatic rings. The Balaban J connectivity index is 1.26. The molecule has 4 N–H and O–H groups in total. The molecule has 1 aliphatic heterocycles. The van der Waals surface area contributed by atoms with E-state index in [0.29, 0.717) is 11.7 Å². The zero-order valence-corrected chi connectivity index (χ0v) is 25.1. The first-order valence-electron chi connectivity index (χ1n) is 14.4. The van der Waals surface area contributed by atoms with Crippen molar-refractivity contribution < 1.29 is 14.3 Å². The number of hydrogen-bond donors (Lipinski definition) is 4. The van der Waals surface area contributed by atoms with E-state index in [1.165, 1.54) is 16.5 Å². The second kappa shape index (κ2) is 13.8. The number of nitrogens with zero attached hydrogens (tertiary/aromatic N) is 3. The minimum atomic E-state index is -0.448. The van der Waals surface area contributed by atoms with Crippen molar-refractivity contribution in [2.24, 2.45) is 0 Å². The van der Waals surface area contributed by atoms with Crippen molar-refractivity contribution in [2.75, 3.05) is 58.2 Å². The van der Waals surface area contributed by atoms with Crippen LogP contribution in [0.3, 0.4) is 0 Å². The lowest BCUT2D eigenvalue weighted by Crippen LogP contribution is -2.43. The van der Waals surface area contributed by atoms with E-state index in [2.05, 4.69) is 62.2 Å². The number of hydrogen-bond acceptors (Lipinski definition) is 6. The van der Waals surface area contributed by atoms with Crippen LogP contribution in [0.4, 0.5) is 5.69 Å². The van der Waals surface area contributed by atoms with Crippen LogP contribution >= 0.6 is 12.2 Å². The highest BCUT2D eigenvalue weighted by molar-refractivity contribution is 7.80. The molecule has 0 spiro atoms. The molecule has 0 saturated carbocycles. The number of piperazine rings is 1. The minimum Gasteiger partial charge on any atom is -0.465 e. The third-order valence-electron chi connectivity index (χ3n) is 7.62. The first-order chi connectivity index (χ1) is 20.4. The maximum Gasteiger partial charge on any atom is 0.325 e. The molecule has 0 unspecified atom stereocenters. The fourth-order valence-electron chi connectivity index (χ4n) is 5.37. The predicted molar refractivity (Wildman–Crippen MR) is 171 cm³/mol. The van der Waals surface area contributed by atoms with Gasteiger partial charge in [-0.25, -0.2) is 0 Å². The van der Waals surface area contributed by atoms with Crippen LogP contribution in [0.5, 0.6) is 0 Å². The van der Waals surface area contributed by atoms with Gasteiger partial charge < -0.3 is 35.1 Å². The lowest BCUT2D eigenvalue weighted by molar-refractivity contribution is -0.143. The molecule has 0 aliphatic carbocycles. The third-order valence-corrected chi connectivity index (χ3v) is 7.86. The Labute approximate surface area is 251 Å². The summed E-state index contributed by atoms with van der Waals surface area (Å²) in [5.41, 5.74) is 5.31. The number of rotatable bonds is 11. The van der Waals surface area contributed by atoms with E-state index < -0.39 is 5.97 Å². The molecule has 2 aromatic carbocycles.